The second-order valence-corrected chi connectivity index (χ2v) is 4.53. The summed E-state index contributed by atoms with van der Waals surface area (Å²) in [6.45, 7) is 6.60. The summed E-state index contributed by atoms with van der Waals surface area (Å²) < 4.78 is 7.47. The maximum atomic E-state index is 5.48. The summed E-state index contributed by atoms with van der Waals surface area (Å²) in [5, 5.41) is 3.40. The molecule has 102 valence electrons. The summed E-state index contributed by atoms with van der Waals surface area (Å²) in [6.07, 6.45) is 5.79. The van der Waals surface area contributed by atoms with Crippen molar-refractivity contribution in [2.45, 2.75) is 26.5 Å². The van der Waals surface area contributed by atoms with Gasteiger partial charge in [-0.2, -0.15) is 0 Å². The van der Waals surface area contributed by atoms with Gasteiger partial charge in [0.1, 0.15) is 0 Å². The van der Waals surface area contributed by atoms with Crippen LogP contribution < -0.4 is 5.32 Å². The normalized spacial score (nSPS) is 12.5. The van der Waals surface area contributed by atoms with Gasteiger partial charge in [0.15, 0.2) is 0 Å². The molecule has 0 aliphatic rings. The highest BCUT2D eigenvalue weighted by Crippen LogP contribution is 2.09. The van der Waals surface area contributed by atoms with E-state index in [0.29, 0.717) is 0 Å². The van der Waals surface area contributed by atoms with E-state index in [9.17, 15) is 0 Å². The van der Waals surface area contributed by atoms with Gasteiger partial charge in [-0.3, -0.25) is 0 Å². The number of ether oxygens (including phenoxy) is 1. The van der Waals surface area contributed by atoms with Crippen molar-refractivity contribution < 1.29 is 4.74 Å². The molecule has 0 saturated heterocycles. The quantitative estimate of drug-likeness (QED) is 0.830. The Morgan fingerprint density at radius 1 is 1.32 bits per heavy atom. The minimum absolute atomic E-state index is 0.259. The molecule has 1 heterocycles. The van der Waals surface area contributed by atoms with Crippen LogP contribution >= 0.6 is 0 Å². The van der Waals surface area contributed by atoms with Crippen molar-refractivity contribution in [3.05, 3.63) is 48.5 Å². The van der Waals surface area contributed by atoms with Crippen LogP contribution in [0.3, 0.4) is 0 Å². The van der Waals surface area contributed by atoms with E-state index in [1.807, 2.05) is 17.7 Å². The highest BCUT2D eigenvalue weighted by Gasteiger charge is 2.00. The molecule has 2 rings (SSSR count). The molecule has 4 heteroatoms. The molecule has 1 aromatic heterocycles. The summed E-state index contributed by atoms with van der Waals surface area (Å²) in [4.78, 5) is 4.04. The van der Waals surface area contributed by atoms with E-state index in [1.165, 1.54) is 5.56 Å². The summed E-state index contributed by atoms with van der Waals surface area (Å²) >= 11 is 0. The number of hydrogen-bond acceptors (Lipinski definition) is 3. The maximum Gasteiger partial charge on any atom is 0.0991 e. The van der Waals surface area contributed by atoms with Gasteiger partial charge in [-0.15, -0.1) is 0 Å². The van der Waals surface area contributed by atoms with Gasteiger partial charge in [0.2, 0.25) is 0 Å². The SMILES string of the molecule is CCOC(C)CNCc1ccc(-n2ccnc2)cc1. The first-order valence-electron chi connectivity index (χ1n) is 6.69. The van der Waals surface area contributed by atoms with Crippen LogP contribution in [-0.4, -0.2) is 28.8 Å². The molecule has 19 heavy (non-hydrogen) atoms. The Kier molecular flexibility index (Phi) is 5.12. The lowest BCUT2D eigenvalue weighted by Crippen LogP contribution is -2.26. The molecule has 4 nitrogen and oxygen atoms in total. The molecule has 1 N–H and O–H groups in total. The third-order valence-electron chi connectivity index (χ3n) is 2.95. The van der Waals surface area contributed by atoms with E-state index in [1.54, 1.807) is 12.5 Å². The molecule has 0 amide bonds. The first-order valence-corrected chi connectivity index (χ1v) is 6.69. The lowest BCUT2D eigenvalue weighted by atomic mass is 10.2. The van der Waals surface area contributed by atoms with Crippen molar-refractivity contribution in [1.29, 1.82) is 0 Å². The van der Waals surface area contributed by atoms with Crippen molar-refractivity contribution in [2.75, 3.05) is 13.2 Å². The molecule has 1 atom stereocenters. The molecule has 0 aliphatic carbocycles. The predicted molar refractivity (Wildman–Crippen MR) is 76.4 cm³/mol. The van der Waals surface area contributed by atoms with E-state index in [0.717, 1.165) is 25.4 Å². The van der Waals surface area contributed by atoms with Crippen molar-refractivity contribution in [2.24, 2.45) is 0 Å². The number of aromatic nitrogens is 2. The number of hydrogen-bond donors (Lipinski definition) is 1. The van der Waals surface area contributed by atoms with Crippen LogP contribution in [0.15, 0.2) is 43.0 Å². The van der Waals surface area contributed by atoms with E-state index in [-0.39, 0.29) is 6.10 Å². The lowest BCUT2D eigenvalue weighted by molar-refractivity contribution is 0.0759. The fourth-order valence-electron chi connectivity index (χ4n) is 1.96. The van der Waals surface area contributed by atoms with Crippen LogP contribution in [0.1, 0.15) is 19.4 Å². The zero-order chi connectivity index (χ0) is 13.5. The topological polar surface area (TPSA) is 39.1 Å². The number of nitrogens with zero attached hydrogens (tertiary/aromatic N) is 2. The largest absolute Gasteiger partial charge is 0.377 e. The molecule has 2 aromatic rings. The van der Waals surface area contributed by atoms with E-state index in [4.69, 9.17) is 4.74 Å². The number of benzene rings is 1. The van der Waals surface area contributed by atoms with Crippen LogP contribution in [0.25, 0.3) is 5.69 Å². The second-order valence-electron chi connectivity index (χ2n) is 4.53. The number of nitrogens with one attached hydrogen (secondary N) is 1. The van der Waals surface area contributed by atoms with E-state index in [2.05, 4.69) is 41.5 Å². The molecular formula is C15H21N3O. The molecule has 0 bridgehead atoms. The van der Waals surface area contributed by atoms with E-state index >= 15 is 0 Å². The third-order valence-corrected chi connectivity index (χ3v) is 2.95. The molecule has 0 radical (unpaired) electrons. The van der Waals surface area contributed by atoms with Crippen molar-refractivity contribution in [1.82, 2.24) is 14.9 Å². The average Bonchev–Trinajstić information content (AvgIpc) is 2.94. The van der Waals surface area contributed by atoms with Crippen LogP contribution in [0.4, 0.5) is 0 Å². The first-order chi connectivity index (χ1) is 9.29. The zero-order valence-corrected chi connectivity index (χ0v) is 11.5. The number of imidazole rings is 1. The second kappa shape index (κ2) is 7.07. The maximum absolute atomic E-state index is 5.48. The molecule has 1 aromatic carbocycles. The molecule has 0 fully saturated rings. The minimum Gasteiger partial charge on any atom is -0.377 e. The van der Waals surface area contributed by atoms with E-state index < -0.39 is 0 Å². The lowest BCUT2D eigenvalue weighted by Gasteiger charge is -2.12. The van der Waals surface area contributed by atoms with Crippen LogP contribution in [0, 0.1) is 0 Å². The van der Waals surface area contributed by atoms with Crippen LogP contribution in [-0.2, 0) is 11.3 Å². The van der Waals surface area contributed by atoms with Gasteiger partial charge >= 0.3 is 0 Å². The predicted octanol–water partition coefficient (Wildman–Crippen LogP) is 2.39. The molecule has 1 unspecified atom stereocenters. The zero-order valence-electron chi connectivity index (χ0n) is 11.5. The highest BCUT2D eigenvalue weighted by atomic mass is 16.5. The Morgan fingerprint density at radius 2 is 2.11 bits per heavy atom. The first kappa shape index (κ1) is 13.8. The van der Waals surface area contributed by atoms with Crippen LogP contribution in [0.2, 0.25) is 0 Å². The van der Waals surface area contributed by atoms with Gasteiger partial charge in [-0.25, -0.2) is 4.98 Å². The van der Waals surface area contributed by atoms with Crippen LogP contribution in [0.5, 0.6) is 0 Å². The summed E-state index contributed by atoms with van der Waals surface area (Å²) in [6, 6.07) is 8.47. The molecule has 0 aliphatic heterocycles. The van der Waals surface area contributed by atoms with Gasteiger partial charge < -0.3 is 14.6 Å². The van der Waals surface area contributed by atoms with Gasteiger partial charge in [-0.1, -0.05) is 12.1 Å². The van der Waals surface area contributed by atoms with Crippen molar-refractivity contribution in [3.8, 4) is 5.69 Å². The van der Waals surface area contributed by atoms with Gasteiger partial charge in [0.05, 0.1) is 12.4 Å². The Hall–Kier alpha value is -1.65. The fraction of sp³-hybridized carbons (Fsp3) is 0.400. The Labute approximate surface area is 114 Å². The van der Waals surface area contributed by atoms with Crippen molar-refractivity contribution in [3.63, 3.8) is 0 Å². The van der Waals surface area contributed by atoms with Gasteiger partial charge in [0, 0.05) is 37.8 Å². The molecule has 0 saturated carbocycles. The Bertz CT molecular complexity index is 465. The standard InChI is InChI=1S/C15H21N3O/c1-3-19-13(2)10-17-11-14-4-6-15(7-5-14)18-9-8-16-12-18/h4-9,12-13,17H,3,10-11H2,1-2H3. The number of rotatable bonds is 7. The highest BCUT2D eigenvalue weighted by molar-refractivity contribution is 5.34. The van der Waals surface area contributed by atoms with Gasteiger partial charge in [-0.05, 0) is 31.5 Å². The Morgan fingerprint density at radius 3 is 2.74 bits per heavy atom. The molecule has 0 spiro atoms. The minimum atomic E-state index is 0.259. The summed E-state index contributed by atoms with van der Waals surface area (Å²) in [5.41, 5.74) is 2.40. The smallest absolute Gasteiger partial charge is 0.0991 e. The Balaban J connectivity index is 1.82. The molecular weight excluding hydrogens is 238 g/mol. The average molecular weight is 259 g/mol. The summed E-state index contributed by atoms with van der Waals surface area (Å²) in [5.74, 6) is 0. The van der Waals surface area contributed by atoms with Crippen molar-refractivity contribution >= 4 is 0 Å². The monoisotopic (exact) mass is 259 g/mol. The third kappa shape index (κ3) is 4.19. The fourth-order valence-corrected chi connectivity index (χ4v) is 1.96. The summed E-state index contributed by atoms with van der Waals surface area (Å²) in [7, 11) is 0. The van der Waals surface area contributed by atoms with Gasteiger partial charge in [0.25, 0.3) is 0 Å².